The molecule has 0 bridgehead atoms. The molecule has 1 N–H and O–H groups in total. The van der Waals surface area contributed by atoms with Gasteiger partial charge >= 0.3 is 6.09 Å². The molecule has 2 heterocycles. The number of nitrogens with one attached hydrogen (secondary N) is 1. The third kappa shape index (κ3) is 5.13. The van der Waals surface area contributed by atoms with Gasteiger partial charge in [0.2, 0.25) is 5.95 Å². The minimum atomic E-state index is -0.495. The second kappa shape index (κ2) is 9.04. The number of benzene rings is 1. The van der Waals surface area contributed by atoms with Crippen LogP contribution in [0.1, 0.15) is 52.0 Å². The Hall–Kier alpha value is -3.09. The molecule has 1 aromatic carbocycles. The van der Waals surface area contributed by atoms with E-state index in [1.54, 1.807) is 4.90 Å². The molecule has 7 heteroatoms. The number of fused-ring (bicyclic) bond motifs is 1. The van der Waals surface area contributed by atoms with Crippen LogP contribution in [0.25, 0.3) is 22.2 Å². The number of amides is 1. The highest BCUT2D eigenvalue weighted by molar-refractivity contribution is 5.95. The van der Waals surface area contributed by atoms with Crippen LogP contribution in [-0.2, 0) is 11.8 Å². The zero-order valence-electron chi connectivity index (χ0n) is 20.6. The van der Waals surface area contributed by atoms with E-state index in [9.17, 15) is 4.79 Å². The maximum absolute atomic E-state index is 12.5. The molecule has 0 aliphatic heterocycles. The Balaban J connectivity index is 1.51. The average molecular weight is 450 g/mol. The van der Waals surface area contributed by atoms with Gasteiger partial charge in [-0.1, -0.05) is 12.1 Å². The largest absolute Gasteiger partial charge is 0.444 e. The van der Waals surface area contributed by atoms with Crippen molar-refractivity contribution in [3.8, 4) is 11.3 Å². The van der Waals surface area contributed by atoms with Crippen LogP contribution >= 0.6 is 0 Å². The highest BCUT2D eigenvalue weighted by atomic mass is 16.6. The van der Waals surface area contributed by atoms with Crippen LogP contribution < -0.4 is 5.32 Å². The average Bonchev–Trinajstić information content (AvgIpc) is 3.15. The quantitative estimate of drug-likeness (QED) is 0.567. The van der Waals surface area contributed by atoms with Gasteiger partial charge in [-0.2, -0.15) is 0 Å². The first-order valence-corrected chi connectivity index (χ1v) is 11.7. The number of hydrogen-bond donors (Lipinski definition) is 1. The van der Waals surface area contributed by atoms with Crippen LogP contribution in [0.15, 0.2) is 36.7 Å². The number of anilines is 1. The van der Waals surface area contributed by atoms with Gasteiger partial charge in [-0.3, -0.25) is 0 Å². The maximum Gasteiger partial charge on any atom is 0.410 e. The third-order valence-corrected chi connectivity index (χ3v) is 6.36. The third-order valence-electron chi connectivity index (χ3n) is 6.36. The normalized spacial score (nSPS) is 18.8. The monoisotopic (exact) mass is 449 g/mol. The molecule has 7 nitrogen and oxygen atoms in total. The number of carbonyl (C=O) groups is 1. The highest BCUT2D eigenvalue weighted by Gasteiger charge is 2.30. The molecule has 0 spiro atoms. The Morgan fingerprint density at radius 2 is 2.03 bits per heavy atom. The Labute approximate surface area is 196 Å². The number of aryl methyl sites for hydroxylation is 2. The van der Waals surface area contributed by atoms with E-state index in [2.05, 4.69) is 52.4 Å². The number of nitrogens with zero attached hydrogens (tertiary/aromatic N) is 4. The van der Waals surface area contributed by atoms with Crippen molar-refractivity contribution in [3.05, 3.63) is 42.2 Å². The van der Waals surface area contributed by atoms with E-state index in [0.29, 0.717) is 5.95 Å². The lowest BCUT2D eigenvalue weighted by atomic mass is 9.90. The number of ether oxygens (including phenoxy) is 1. The summed E-state index contributed by atoms with van der Waals surface area (Å²) in [5.41, 5.74) is 3.79. The van der Waals surface area contributed by atoms with Gasteiger partial charge in [-0.15, -0.1) is 0 Å². The fourth-order valence-electron chi connectivity index (χ4n) is 4.61. The van der Waals surface area contributed by atoms with Gasteiger partial charge in [0.1, 0.15) is 5.60 Å². The van der Waals surface area contributed by atoms with Crippen molar-refractivity contribution in [1.29, 1.82) is 0 Å². The molecule has 1 amide bonds. The summed E-state index contributed by atoms with van der Waals surface area (Å²) in [6.45, 7) is 7.73. The summed E-state index contributed by atoms with van der Waals surface area (Å²) < 4.78 is 7.68. The zero-order chi connectivity index (χ0) is 23.8. The van der Waals surface area contributed by atoms with Gasteiger partial charge < -0.3 is 19.5 Å². The van der Waals surface area contributed by atoms with E-state index in [1.165, 1.54) is 10.9 Å². The van der Waals surface area contributed by atoms with Crippen LogP contribution in [0.5, 0.6) is 0 Å². The van der Waals surface area contributed by atoms with Crippen molar-refractivity contribution in [1.82, 2.24) is 19.4 Å². The number of carbonyl (C=O) groups excluding carboxylic acids is 1. The zero-order valence-corrected chi connectivity index (χ0v) is 20.6. The van der Waals surface area contributed by atoms with Gasteiger partial charge in [0.05, 0.1) is 5.69 Å². The van der Waals surface area contributed by atoms with Crippen molar-refractivity contribution in [3.63, 3.8) is 0 Å². The molecule has 3 aromatic rings. The first-order chi connectivity index (χ1) is 15.6. The van der Waals surface area contributed by atoms with Gasteiger partial charge in [0.25, 0.3) is 0 Å². The molecular formula is C26H35N5O2. The molecule has 1 aliphatic rings. The SMILES string of the molecule is Cc1cnc(NC2CCCC(N(C)C(=O)OC(C)(C)C)C2)nc1-c1cccc2c1ccn2C. The summed E-state index contributed by atoms with van der Waals surface area (Å²) >= 11 is 0. The van der Waals surface area contributed by atoms with E-state index >= 15 is 0 Å². The predicted molar refractivity (Wildman–Crippen MR) is 132 cm³/mol. The molecule has 33 heavy (non-hydrogen) atoms. The molecule has 176 valence electrons. The fraction of sp³-hybridized carbons (Fsp3) is 0.500. The molecule has 0 saturated heterocycles. The molecule has 1 fully saturated rings. The van der Waals surface area contributed by atoms with Crippen molar-refractivity contribution in [2.24, 2.45) is 7.05 Å². The Morgan fingerprint density at radius 3 is 2.79 bits per heavy atom. The molecular weight excluding hydrogens is 414 g/mol. The predicted octanol–water partition coefficient (Wildman–Crippen LogP) is 5.53. The highest BCUT2D eigenvalue weighted by Crippen LogP contribution is 2.31. The van der Waals surface area contributed by atoms with E-state index in [4.69, 9.17) is 9.72 Å². The Kier molecular flexibility index (Phi) is 6.32. The summed E-state index contributed by atoms with van der Waals surface area (Å²) in [4.78, 5) is 23.8. The lowest BCUT2D eigenvalue weighted by Crippen LogP contribution is -2.45. The van der Waals surface area contributed by atoms with Gasteiger partial charge in [0.15, 0.2) is 0 Å². The molecule has 4 rings (SSSR count). The van der Waals surface area contributed by atoms with Crippen LogP contribution in [0.3, 0.4) is 0 Å². The lowest BCUT2D eigenvalue weighted by molar-refractivity contribution is 0.0184. The van der Waals surface area contributed by atoms with Crippen LogP contribution in [0.2, 0.25) is 0 Å². The minimum Gasteiger partial charge on any atom is -0.444 e. The van der Waals surface area contributed by atoms with Gasteiger partial charge in [-0.05, 0) is 71.1 Å². The number of aromatic nitrogens is 3. The van der Waals surface area contributed by atoms with Crippen molar-refractivity contribution >= 4 is 22.9 Å². The topological polar surface area (TPSA) is 72.3 Å². The number of hydrogen-bond acceptors (Lipinski definition) is 5. The molecule has 2 unspecified atom stereocenters. The van der Waals surface area contributed by atoms with Crippen molar-refractivity contribution in [2.75, 3.05) is 12.4 Å². The molecule has 1 saturated carbocycles. The summed E-state index contributed by atoms with van der Waals surface area (Å²) in [6.07, 6.45) is 7.59. The first-order valence-electron chi connectivity index (χ1n) is 11.7. The van der Waals surface area contributed by atoms with Crippen LogP contribution in [-0.4, -0.2) is 50.3 Å². The molecule has 2 aromatic heterocycles. The summed E-state index contributed by atoms with van der Waals surface area (Å²) in [6, 6.07) is 8.79. The van der Waals surface area contributed by atoms with E-state index in [1.807, 2.05) is 40.9 Å². The Bertz CT molecular complexity index is 1150. The van der Waals surface area contributed by atoms with Gasteiger partial charge in [-0.25, -0.2) is 14.8 Å². The van der Waals surface area contributed by atoms with Crippen molar-refractivity contribution in [2.45, 2.75) is 71.1 Å². The van der Waals surface area contributed by atoms with E-state index in [0.717, 1.165) is 42.5 Å². The lowest BCUT2D eigenvalue weighted by Gasteiger charge is -2.36. The maximum atomic E-state index is 12.5. The van der Waals surface area contributed by atoms with Gasteiger partial charge in [0, 0.05) is 55.0 Å². The Morgan fingerprint density at radius 1 is 1.24 bits per heavy atom. The van der Waals surface area contributed by atoms with E-state index < -0.39 is 5.60 Å². The molecule has 0 radical (unpaired) electrons. The second-order valence-corrected chi connectivity index (χ2v) is 10.1. The van der Waals surface area contributed by atoms with Crippen LogP contribution in [0.4, 0.5) is 10.7 Å². The standard InChI is InChI=1S/C26H35N5O2/c1-17-16-27-24(29-23(17)21-11-8-12-22-20(21)13-14-30(22)5)28-18-9-7-10-19(15-18)31(6)25(32)33-26(2,3)4/h8,11-14,16,18-19H,7,9-10,15H2,1-6H3,(H,27,28,29). The molecule has 2 atom stereocenters. The van der Waals surface area contributed by atoms with E-state index in [-0.39, 0.29) is 18.2 Å². The first kappa shape index (κ1) is 23.1. The minimum absolute atomic E-state index is 0.133. The summed E-state index contributed by atoms with van der Waals surface area (Å²) in [5, 5.41) is 4.72. The number of rotatable bonds is 4. The summed E-state index contributed by atoms with van der Waals surface area (Å²) in [5.74, 6) is 0.633. The van der Waals surface area contributed by atoms with Crippen LogP contribution in [0, 0.1) is 6.92 Å². The summed E-state index contributed by atoms with van der Waals surface area (Å²) in [7, 11) is 3.89. The fourth-order valence-corrected chi connectivity index (χ4v) is 4.61. The van der Waals surface area contributed by atoms with Crippen molar-refractivity contribution < 1.29 is 9.53 Å². The second-order valence-electron chi connectivity index (χ2n) is 10.1. The smallest absolute Gasteiger partial charge is 0.410 e. The molecule has 1 aliphatic carbocycles.